The lowest BCUT2D eigenvalue weighted by Crippen LogP contribution is -1.86. The minimum absolute atomic E-state index is 0.835. The van der Waals surface area contributed by atoms with Crippen molar-refractivity contribution in [3.63, 3.8) is 0 Å². The predicted molar refractivity (Wildman–Crippen MR) is 85.2 cm³/mol. The van der Waals surface area contributed by atoms with E-state index in [2.05, 4.69) is 22.6 Å². The maximum Gasteiger partial charge on any atom is 0.149 e. The lowest BCUT2D eigenvalue weighted by Gasteiger charge is -2.06. The van der Waals surface area contributed by atoms with Crippen molar-refractivity contribution in [2.24, 2.45) is 0 Å². The lowest BCUT2D eigenvalue weighted by atomic mass is 10.1. The molecule has 18 heavy (non-hydrogen) atoms. The molecule has 0 aliphatic rings. The van der Waals surface area contributed by atoms with Crippen molar-refractivity contribution < 1.29 is 4.42 Å². The van der Waals surface area contributed by atoms with Crippen molar-refractivity contribution in [2.45, 2.75) is 0 Å². The number of hydrogen-bond donors (Lipinski definition) is 0. The van der Waals surface area contributed by atoms with Crippen molar-refractivity contribution in [1.29, 1.82) is 0 Å². The van der Waals surface area contributed by atoms with Crippen LogP contribution in [0.3, 0.4) is 0 Å². The average Bonchev–Trinajstić information content (AvgIpc) is 2.44. The van der Waals surface area contributed by atoms with Crippen LogP contribution in [-0.4, -0.2) is 0 Å². The number of fused-ring (bicyclic) bond motifs is 1. The summed E-state index contributed by atoms with van der Waals surface area (Å²) in [5.74, 6) is 0.847. The molecule has 0 spiro atoms. The Bertz CT molecular complexity index is 762. The second kappa shape index (κ2) is 4.82. The van der Waals surface area contributed by atoms with Gasteiger partial charge in [0, 0.05) is 10.9 Å². The monoisotopic (exact) mass is 364 g/mol. The van der Waals surface area contributed by atoms with Gasteiger partial charge in [0.1, 0.15) is 11.3 Å². The summed E-state index contributed by atoms with van der Waals surface area (Å²) in [5.41, 5.74) is 1.89. The van der Waals surface area contributed by atoms with Crippen molar-refractivity contribution in [3.05, 3.63) is 62.7 Å². The Labute approximate surface area is 124 Å². The minimum atomic E-state index is 0.835. The van der Waals surface area contributed by atoms with Crippen LogP contribution in [0, 0.1) is 8.08 Å². The van der Waals surface area contributed by atoms with Crippen LogP contribution in [0.1, 0.15) is 0 Å². The van der Waals surface area contributed by atoms with Gasteiger partial charge in [-0.15, -0.1) is 0 Å². The third kappa shape index (κ3) is 1.97. The van der Waals surface area contributed by atoms with Gasteiger partial charge in [-0.1, -0.05) is 54.7 Å². The molecule has 0 radical (unpaired) electrons. The highest BCUT2D eigenvalue weighted by Gasteiger charge is 2.10. The van der Waals surface area contributed by atoms with E-state index in [4.69, 9.17) is 16.6 Å². The Balaban J connectivity index is 2.38. The Morgan fingerprint density at radius 3 is 2.33 bits per heavy atom. The van der Waals surface area contributed by atoms with E-state index < -0.39 is 0 Å². The van der Waals surface area contributed by atoms with E-state index in [0.29, 0.717) is 0 Å². The fourth-order valence-electron chi connectivity index (χ4n) is 1.89. The first kappa shape index (κ1) is 11.9. The van der Waals surface area contributed by atoms with Crippen molar-refractivity contribution >= 4 is 45.8 Å². The van der Waals surface area contributed by atoms with Crippen molar-refractivity contribution in [2.75, 3.05) is 0 Å². The molecule has 0 fully saturated rings. The van der Waals surface area contributed by atoms with E-state index in [1.807, 2.05) is 54.6 Å². The Hall–Kier alpha value is -1.20. The zero-order valence-corrected chi connectivity index (χ0v) is 12.4. The van der Waals surface area contributed by atoms with Gasteiger partial charge in [-0.25, -0.2) is 0 Å². The highest BCUT2D eigenvalue weighted by Crippen LogP contribution is 2.31. The fourth-order valence-corrected chi connectivity index (χ4v) is 2.87. The SMILES string of the molecule is S=c1c(I)c(-c2ccccc2)oc2ccccc12. The molecule has 0 amide bonds. The number of benzene rings is 2. The van der Waals surface area contributed by atoms with Gasteiger partial charge in [-0.05, 0) is 34.7 Å². The predicted octanol–water partition coefficient (Wildman–Crippen LogP) is 5.43. The average molecular weight is 364 g/mol. The molecule has 88 valence electrons. The normalized spacial score (nSPS) is 10.7. The lowest BCUT2D eigenvalue weighted by molar-refractivity contribution is 0.616. The molecule has 1 nitrogen and oxygen atoms in total. The molecule has 0 saturated heterocycles. The first-order valence-corrected chi connectivity index (χ1v) is 7.03. The molecule has 2 aromatic carbocycles. The summed E-state index contributed by atoms with van der Waals surface area (Å²) >= 11 is 7.77. The molecule has 1 aromatic heterocycles. The number of rotatable bonds is 1. The standard InChI is InChI=1S/C15H9IOS/c16-13-14(10-6-2-1-3-7-10)17-12-9-5-4-8-11(12)15(13)18/h1-9H. The highest BCUT2D eigenvalue weighted by molar-refractivity contribution is 14.1. The molecule has 3 aromatic rings. The highest BCUT2D eigenvalue weighted by atomic mass is 127. The number of para-hydroxylation sites is 1. The van der Waals surface area contributed by atoms with Gasteiger partial charge in [0.05, 0.1) is 8.08 Å². The molecule has 0 atom stereocenters. The molecular weight excluding hydrogens is 355 g/mol. The van der Waals surface area contributed by atoms with Gasteiger partial charge in [0.15, 0.2) is 0 Å². The van der Waals surface area contributed by atoms with Crippen LogP contribution in [0.5, 0.6) is 0 Å². The third-order valence-corrected chi connectivity index (χ3v) is 4.60. The van der Waals surface area contributed by atoms with Gasteiger partial charge in [0.25, 0.3) is 0 Å². The topological polar surface area (TPSA) is 13.1 Å². The first-order chi connectivity index (χ1) is 8.77. The van der Waals surface area contributed by atoms with Crippen molar-refractivity contribution in [3.8, 4) is 11.3 Å². The molecule has 0 aliphatic carbocycles. The van der Waals surface area contributed by atoms with Gasteiger partial charge in [0.2, 0.25) is 0 Å². The maximum absolute atomic E-state index is 5.99. The summed E-state index contributed by atoms with van der Waals surface area (Å²) in [6.07, 6.45) is 0. The molecule has 0 unspecified atom stereocenters. The first-order valence-electron chi connectivity index (χ1n) is 5.54. The summed E-state index contributed by atoms with van der Waals surface area (Å²) in [5, 5.41) is 0.997. The summed E-state index contributed by atoms with van der Waals surface area (Å²) < 4.78 is 7.84. The molecular formula is C15H9IOS. The van der Waals surface area contributed by atoms with Crippen LogP contribution in [0.25, 0.3) is 22.3 Å². The molecule has 0 N–H and O–H groups in total. The smallest absolute Gasteiger partial charge is 0.149 e. The van der Waals surface area contributed by atoms with Crippen LogP contribution in [0.15, 0.2) is 59.0 Å². The van der Waals surface area contributed by atoms with Gasteiger partial charge in [-0.3, -0.25) is 0 Å². The second-order valence-electron chi connectivity index (χ2n) is 3.94. The molecule has 0 saturated carbocycles. The van der Waals surface area contributed by atoms with E-state index in [0.717, 1.165) is 30.4 Å². The number of halogens is 1. The Morgan fingerprint density at radius 2 is 1.56 bits per heavy atom. The molecule has 3 rings (SSSR count). The molecule has 0 aliphatic heterocycles. The van der Waals surface area contributed by atoms with E-state index in [1.165, 1.54) is 0 Å². The second-order valence-corrected chi connectivity index (χ2v) is 5.42. The van der Waals surface area contributed by atoms with E-state index in [-0.39, 0.29) is 0 Å². The van der Waals surface area contributed by atoms with E-state index in [9.17, 15) is 0 Å². The zero-order valence-electron chi connectivity index (χ0n) is 9.39. The quantitative estimate of drug-likeness (QED) is 0.422. The van der Waals surface area contributed by atoms with Crippen LogP contribution in [0.2, 0.25) is 0 Å². The van der Waals surface area contributed by atoms with Crippen LogP contribution in [0.4, 0.5) is 0 Å². The van der Waals surface area contributed by atoms with Crippen LogP contribution in [-0.2, 0) is 0 Å². The summed E-state index contributed by atoms with van der Waals surface area (Å²) in [6.45, 7) is 0. The fraction of sp³-hybridized carbons (Fsp3) is 0. The largest absolute Gasteiger partial charge is 0.455 e. The molecule has 0 bridgehead atoms. The van der Waals surface area contributed by atoms with Crippen molar-refractivity contribution in [1.82, 2.24) is 0 Å². The van der Waals surface area contributed by atoms with E-state index >= 15 is 0 Å². The molecule has 1 heterocycles. The van der Waals surface area contributed by atoms with Gasteiger partial charge in [-0.2, -0.15) is 0 Å². The van der Waals surface area contributed by atoms with Crippen LogP contribution < -0.4 is 0 Å². The number of hydrogen-bond acceptors (Lipinski definition) is 2. The Morgan fingerprint density at radius 1 is 0.889 bits per heavy atom. The zero-order chi connectivity index (χ0) is 12.5. The minimum Gasteiger partial charge on any atom is -0.455 e. The third-order valence-electron chi connectivity index (χ3n) is 2.78. The van der Waals surface area contributed by atoms with Gasteiger partial charge < -0.3 is 4.42 Å². The summed E-state index contributed by atoms with van der Waals surface area (Å²) in [4.78, 5) is 0. The summed E-state index contributed by atoms with van der Waals surface area (Å²) in [6, 6.07) is 17.9. The summed E-state index contributed by atoms with van der Waals surface area (Å²) in [7, 11) is 0. The van der Waals surface area contributed by atoms with Gasteiger partial charge >= 0.3 is 0 Å². The maximum atomic E-state index is 5.99. The Kier molecular flexibility index (Phi) is 3.18. The van der Waals surface area contributed by atoms with Crippen LogP contribution >= 0.6 is 34.8 Å². The van der Waals surface area contributed by atoms with E-state index in [1.54, 1.807) is 0 Å². The molecule has 3 heteroatoms.